The van der Waals surface area contributed by atoms with Crippen LogP contribution in [0, 0.1) is 6.92 Å². The van der Waals surface area contributed by atoms with Crippen LogP contribution in [0.15, 0.2) is 46.9 Å². The molecule has 33 heavy (non-hydrogen) atoms. The SMILES string of the molecule is Cc1cc(Br)ccc1NC(=O)c1cc2cc(Cl)ccc2n1NC(=O)C(=O)NC[C@H]1CCCO1. The molecule has 1 aliphatic heterocycles. The van der Waals surface area contributed by atoms with Gasteiger partial charge in [0, 0.05) is 33.7 Å². The van der Waals surface area contributed by atoms with Gasteiger partial charge in [-0.25, -0.2) is 4.68 Å². The lowest BCUT2D eigenvalue weighted by Gasteiger charge is -2.14. The fourth-order valence-corrected chi connectivity index (χ4v) is 4.33. The molecule has 0 radical (unpaired) electrons. The summed E-state index contributed by atoms with van der Waals surface area (Å²) in [5.41, 5.74) is 4.69. The van der Waals surface area contributed by atoms with Crippen molar-refractivity contribution in [3.63, 3.8) is 0 Å². The average molecular weight is 534 g/mol. The van der Waals surface area contributed by atoms with Gasteiger partial charge in [0.15, 0.2) is 0 Å². The van der Waals surface area contributed by atoms with E-state index in [1.165, 1.54) is 4.68 Å². The second-order valence-electron chi connectivity index (χ2n) is 7.77. The van der Waals surface area contributed by atoms with Gasteiger partial charge >= 0.3 is 11.8 Å². The Morgan fingerprint density at radius 2 is 1.97 bits per heavy atom. The van der Waals surface area contributed by atoms with Crippen LogP contribution in [0.5, 0.6) is 0 Å². The third-order valence-electron chi connectivity index (χ3n) is 5.37. The standard InChI is InChI=1S/C23H22BrClN4O4/c1-13-9-15(24)4-6-18(13)27-21(30)20-11-14-10-16(25)5-7-19(14)29(20)28-23(32)22(31)26-12-17-3-2-8-33-17/h4-7,9-11,17H,2-3,8,12H2,1H3,(H,26,31)(H,27,30)(H,28,32)/t17-/m1/s1. The molecular formula is C23H22BrClN4O4. The van der Waals surface area contributed by atoms with Crippen molar-refractivity contribution in [1.82, 2.24) is 9.99 Å². The molecule has 4 rings (SSSR count). The Labute approximate surface area is 203 Å². The Bertz CT molecular complexity index is 1240. The third-order valence-corrected chi connectivity index (χ3v) is 6.10. The van der Waals surface area contributed by atoms with E-state index in [0.717, 1.165) is 22.9 Å². The van der Waals surface area contributed by atoms with Crippen LogP contribution in [0.3, 0.4) is 0 Å². The molecule has 10 heteroatoms. The van der Waals surface area contributed by atoms with Crippen molar-refractivity contribution in [3.05, 3.63) is 63.2 Å². The number of fused-ring (bicyclic) bond motifs is 1. The summed E-state index contributed by atoms with van der Waals surface area (Å²) in [4.78, 5) is 38.1. The first-order valence-electron chi connectivity index (χ1n) is 10.4. The van der Waals surface area contributed by atoms with Crippen LogP contribution in [0.2, 0.25) is 5.02 Å². The number of hydrogen-bond acceptors (Lipinski definition) is 4. The van der Waals surface area contributed by atoms with Crippen LogP contribution < -0.4 is 16.1 Å². The van der Waals surface area contributed by atoms with Gasteiger partial charge in [0.25, 0.3) is 5.91 Å². The van der Waals surface area contributed by atoms with Gasteiger partial charge in [-0.3, -0.25) is 19.8 Å². The number of aromatic nitrogens is 1. The zero-order valence-corrected chi connectivity index (χ0v) is 20.1. The van der Waals surface area contributed by atoms with E-state index in [9.17, 15) is 14.4 Å². The fourth-order valence-electron chi connectivity index (χ4n) is 3.67. The first-order chi connectivity index (χ1) is 15.8. The van der Waals surface area contributed by atoms with E-state index in [1.807, 2.05) is 19.1 Å². The van der Waals surface area contributed by atoms with Gasteiger partial charge in [-0.2, -0.15) is 0 Å². The van der Waals surface area contributed by atoms with Crippen LogP contribution >= 0.6 is 27.5 Å². The minimum Gasteiger partial charge on any atom is -0.376 e. The molecule has 0 unspecified atom stereocenters. The number of hydrogen-bond donors (Lipinski definition) is 3. The van der Waals surface area contributed by atoms with Gasteiger partial charge in [-0.05, 0) is 67.8 Å². The monoisotopic (exact) mass is 532 g/mol. The maximum Gasteiger partial charge on any atom is 0.328 e. The molecule has 3 aromatic rings. The Balaban J connectivity index is 1.58. The number of benzene rings is 2. The van der Waals surface area contributed by atoms with E-state index in [0.29, 0.717) is 28.2 Å². The van der Waals surface area contributed by atoms with Crippen molar-refractivity contribution < 1.29 is 19.1 Å². The van der Waals surface area contributed by atoms with E-state index < -0.39 is 17.7 Å². The number of ether oxygens (including phenoxy) is 1. The van der Waals surface area contributed by atoms with Crippen LogP contribution in [-0.4, -0.2) is 41.7 Å². The molecule has 1 fully saturated rings. The summed E-state index contributed by atoms with van der Waals surface area (Å²) in [5, 5.41) is 6.55. The molecule has 2 aromatic carbocycles. The summed E-state index contributed by atoms with van der Waals surface area (Å²) in [7, 11) is 0. The highest BCUT2D eigenvalue weighted by molar-refractivity contribution is 9.10. The molecule has 0 saturated carbocycles. The van der Waals surface area contributed by atoms with Crippen molar-refractivity contribution in [1.29, 1.82) is 0 Å². The summed E-state index contributed by atoms with van der Waals surface area (Å²) in [5.74, 6) is -2.15. The van der Waals surface area contributed by atoms with E-state index in [2.05, 4.69) is 32.0 Å². The Morgan fingerprint density at radius 1 is 1.15 bits per heavy atom. The molecule has 172 valence electrons. The molecule has 1 aliphatic rings. The second kappa shape index (κ2) is 9.94. The first kappa shape index (κ1) is 23.3. The highest BCUT2D eigenvalue weighted by Gasteiger charge is 2.23. The van der Waals surface area contributed by atoms with Gasteiger partial charge in [-0.1, -0.05) is 27.5 Å². The number of nitrogens with zero attached hydrogens (tertiary/aromatic N) is 1. The summed E-state index contributed by atoms with van der Waals surface area (Å²) >= 11 is 9.51. The van der Waals surface area contributed by atoms with E-state index >= 15 is 0 Å². The molecule has 1 atom stereocenters. The smallest absolute Gasteiger partial charge is 0.328 e. The van der Waals surface area contributed by atoms with Gasteiger partial charge < -0.3 is 15.4 Å². The summed E-state index contributed by atoms with van der Waals surface area (Å²) in [6, 6.07) is 12.1. The maximum absolute atomic E-state index is 13.1. The molecule has 0 bridgehead atoms. The third kappa shape index (κ3) is 5.38. The van der Waals surface area contributed by atoms with Crippen molar-refractivity contribution >= 4 is 61.8 Å². The molecule has 8 nitrogen and oxygen atoms in total. The number of carbonyl (C=O) groups is 3. The molecule has 0 spiro atoms. The van der Waals surface area contributed by atoms with Gasteiger partial charge in [0.1, 0.15) is 5.69 Å². The first-order valence-corrected chi connectivity index (χ1v) is 11.6. The molecule has 0 aliphatic carbocycles. The molecule has 3 N–H and O–H groups in total. The lowest BCUT2D eigenvalue weighted by molar-refractivity contribution is -0.136. The Kier molecular flexibility index (Phi) is 7.02. The van der Waals surface area contributed by atoms with Gasteiger partial charge in [0.05, 0.1) is 11.6 Å². The molecule has 2 heterocycles. The lowest BCUT2D eigenvalue weighted by Crippen LogP contribution is -2.42. The minimum absolute atomic E-state index is 0.0909. The summed E-state index contributed by atoms with van der Waals surface area (Å²) in [6.07, 6.45) is 1.68. The number of nitrogens with one attached hydrogen (secondary N) is 3. The zero-order valence-electron chi connectivity index (χ0n) is 17.8. The van der Waals surface area contributed by atoms with Crippen molar-refractivity contribution in [2.45, 2.75) is 25.9 Å². The highest BCUT2D eigenvalue weighted by atomic mass is 79.9. The van der Waals surface area contributed by atoms with Gasteiger partial charge in [-0.15, -0.1) is 0 Å². The number of amides is 3. The lowest BCUT2D eigenvalue weighted by atomic mass is 10.2. The van der Waals surface area contributed by atoms with Crippen LogP contribution in [0.1, 0.15) is 28.9 Å². The maximum atomic E-state index is 13.1. The highest BCUT2D eigenvalue weighted by Crippen LogP contribution is 2.25. The van der Waals surface area contributed by atoms with Gasteiger partial charge in [0.2, 0.25) is 0 Å². The number of carbonyl (C=O) groups excluding carboxylic acids is 3. The summed E-state index contributed by atoms with van der Waals surface area (Å²) < 4.78 is 7.65. The normalized spacial score (nSPS) is 15.4. The topological polar surface area (TPSA) is 101 Å². The number of anilines is 1. The number of rotatable bonds is 5. The average Bonchev–Trinajstić information content (AvgIpc) is 3.42. The minimum atomic E-state index is -0.894. The van der Waals surface area contributed by atoms with E-state index in [-0.39, 0.29) is 18.3 Å². The zero-order chi connectivity index (χ0) is 23.5. The molecule has 3 amide bonds. The molecular weight excluding hydrogens is 512 g/mol. The predicted octanol–water partition coefficient (Wildman–Crippen LogP) is 3.98. The molecule has 1 aromatic heterocycles. The molecule has 1 saturated heterocycles. The second-order valence-corrected chi connectivity index (χ2v) is 9.12. The number of aryl methyl sites for hydroxylation is 1. The van der Waals surface area contributed by atoms with Crippen molar-refractivity contribution in [3.8, 4) is 0 Å². The number of halogens is 2. The van der Waals surface area contributed by atoms with E-state index in [4.69, 9.17) is 16.3 Å². The van der Waals surface area contributed by atoms with Crippen LogP contribution in [0.25, 0.3) is 10.9 Å². The van der Waals surface area contributed by atoms with Crippen molar-refractivity contribution in [2.75, 3.05) is 23.9 Å². The largest absolute Gasteiger partial charge is 0.376 e. The van der Waals surface area contributed by atoms with Crippen LogP contribution in [-0.2, 0) is 14.3 Å². The van der Waals surface area contributed by atoms with E-state index in [1.54, 1.807) is 30.3 Å². The Hall–Kier alpha value is -2.88. The van der Waals surface area contributed by atoms with Crippen molar-refractivity contribution in [2.24, 2.45) is 0 Å². The predicted molar refractivity (Wildman–Crippen MR) is 130 cm³/mol. The van der Waals surface area contributed by atoms with Crippen LogP contribution in [0.4, 0.5) is 5.69 Å². The Morgan fingerprint density at radius 3 is 2.70 bits per heavy atom. The quantitative estimate of drug-likeness (QED) is 0.432. The fraction of sp³-hybridized carbons (Fsp3) is 0.261. The summed E-state index contributed by atoms with van der Waals surface area (Å²) in [6.45, 7) is 2.78.